The zero-order valence-corrected chi connectivity index (χ0v) is 16.8. The number of aliphatic carboxylic acids is 2. The van der Waals surface area contributed by atoms with E-state index in [1.807, 2.05) is 12.1 Å². The van der Waals surface area contributed by atoms with E-state index in [9.17, 15) is 4.39 Å². The maximum atomic E-state index is 13.7. The first-order valence-corrected chi connectivity index (χ1v) is 9.53. The van der Waals surface area contributed by atoms with E-state index >= 15 is 0 Å². The molecule has 1 aliphatic heterocycles. The van der Waals surface area contributed by atoms with Gasteiger partial charge >= 0.3 is 11.9 Å². The van der Waals surface area contributed by atoms with Gasteiger partial charge in [0.2, 0.25) is 0 Å². The number of hydrogen-bond donors (Lipinski definition) is 2. The Bertz CT molecular complexity index is 798. The van der Waals surface area contributed by atoms with E-state index in [2.05, 4.69) is 50.0 Å². The van der Waals surface area contributed by atoms with Crippen molar-refractivity contribution in [3.8, 4) is 0 Å². The molecular formula is C20H22BrFN2O4. The summed E-state index contributed by atoms with van der Waals surface area (Å²) in [5.74, 6) is -3.75. The van der Waals surface area contributed by atoms with Gasteiger partial charge < -0.3 is 10.2 Å². The molecule has 2 aromatic carbocycles. The van der Waals surface area contributed by atoms with Gasteiger partial charge in [0.1, 0.15) is 5.82 Å². The van der Waals surface area contributed by atoms with Crippen molar-refractivity contribution in [1.29, 1.82) is 0 Å². The minimum Gasteiger partial charge on any atom is -0.473 e. The molecule has 28 heavy (non-hydrogen) atoms. The molecule has 0 aromatic heterocycles. The van der Waals surface area contributed by atoms with Gasteiger partial charge in [-0.15, -0.1) is 0 Å². The van der Waals surface area contributed by atoms with Crippen molar-refractivity contribution < 1.29 is 24.2 Å². The topological polar surface area (TPSA) is 81.1 Å². The first-order valence-electron chi connectivity index (χ1n) is 8.74. The molecule has 1 heterocycles. The Labute approximate surface area is 171 Å². The van der Waals surface area contributed by atoms with Crippen LogP contribution in [0.1, 0.15) is 11.1 Å². The van der Waals surface area contributed by atoms with Crippen LogP contribution in [-0.4, -0.2) is 58.1 Å². The monoisotopic (exact) mass is 452 g/mol. The predicted molar refractivity (Wildman–Crippen MR) is 106 cm³/mol. The SMILES string of the molecule is Fc1ccccc1CN1CCN(Cc2cccc(Br)c2)CC1.O=C(O)C(=O)O. The van der Waals surface area contributed by atoms with E-state index in [0.29, 0.717) is 6.54 Å². The first kappa shape index (κ1) is 22.0. The Morgan fingerprint density at radius 3 is 2.00 bits per heavy atom. The predicted octanol–water partition coefficient (Wildman–Crippen LogP) is 3.06. The fourth-order valence-electron chi connectivity index (χ4n) is 2.87. The molecular weight excluding hydrogens is 431 g/mol. The summed E-state index contributed by atoms with van der Waals surface area (Å²) in [6, 6.07) is 15.5. The Hall–Kier alpha value is -2.29. The van der Waals surface area contributed by atoms with E-state index in [4.69, 9.17) is 19.8 Å². The summed E-state index contributed by atoms with van der Waals surface area (Å²) in [7, 11) is 0. The molecule has 2 N–H and O–H groups in total. The minimum atomic E-state index is -1.82. The minimum absolute atomic E-state index is 0.0981. The van der Waals surface area contributed by atoms with Crippen LogP contribution in [-0.2, 0) is 22.7 Å². The fourth-order valence-corrected chi connectivity index (χ4v) is 3.31. The van der Waals surface area contributed by atoms with E-state index in [1.54, 1.807) is 12.1 Å². The molecule has 150 valence electrons. The number of carbonyl (C=O) groups is 2. The van der Waals surface area contributed by atoms with Gasteiger partial charge in [-0.2, -0.15) is 0 Å². The van der Waals surface area contributed by atoms with Crippen LogP contribution in [0.4, 0.5) is 4.39 Å². The summed E-state index contributed by atoms with van der Waals surface area (Å²) >= 11 is 3.52. The van der Waals surface area contributed by atoms with Gasteiger partial charge in [0.25, 0.3) is 0 Å². The number of carboxylic acids is 2. The van der Waals surface area contributed by atoms with Crippen LogP contribution in [0.2, 0.25) is 0 Å². The van der Waals surface area contributed by atoms with Gasteiger partial charge in [-0.05, 0) is 23.8 Å². The Kier molecular flexibility index (Phi) is 8.56. The van der Waals surface area contributed by atoms with Crippen LogP contribution >= 0.6 is 15.9 Å². The molecule has 0 unspecified atom stereocenters. The molecule has 1 aliphatic rings. The molecule has 0 radical (unpaired) electrons. The third-order valence-electron chi connectivity index (χ3n) is 4.29. The van der Waals surface area contributed by atoms with Gasteiger partial charge in [0, 0.05) is 49.3 Å². The van der Waals surface area contributed by atoms with E-state index < -0.39 is 11.9 Å². The van der Waals surface area contributed by atoms with Crippen molar-refractivity contribution in [2.24, 2.45) is 0 Å². The lowest BCUT2D eigenvalue weighted by Crippen LogP contribution is -2.45. The number of rotatable bonds is 4. The lowest BCUT2D eigenvalue weighted by Gasteiger charge is -2.34. The summed E-state index contributed by atoms with van der Waals surface area (Å²) in [6.07, 6.45) is 0. The zero-order valence-electron chi connectivity index (χ0n) is 15.2. The second-order valence-electron chi connectivity index (χ2n) is 6.38. The standard InChI is InChI=1S/C18H20BrFN2.C2H2O4/c19-17-6-3-4-15(12-17)13-21-8-10-22(11-9-21)14-16-5-1-2-7-18(16)20;3-1(4)2(5)6/h1-7,12H,8-11,13-14H2;(H,3,4)(H,5,6). The average molecular weight is 453 g/mol. The molecule has 0 bridgehead atoms. The van der Waals surface area contributed by atoms with Crippen LogP contribution in [0.25, 0.3) is 0 Å². The number of halogens is 2. The third kappa shape index (κ3) is 7.38. The second kappa shape index (κ2) is 10.9. The van der Waals surface area contributed by atoms with Crippen LogP contribution in [0.3, 0.4) is 0 Å². The number of benzene rings is 2. The Morgan fingerprint density at radius 2 is 1.46 bits per heavy atom. The molecule has 0 aliphatic carbocycles. The lowest BCUT2D eigenvalue weighted by atomic mass is 10.1. The van der Waals surface area contributed by atoms with Gasteiger partial charge in [0.15, 0.2) is 0 Å². The summed E-state index contributed by atoms with van der Waals surface area (Å²) < 4.78 is 14.8. The van der Waals surface area contributed by atoms with Crippen molar-refractivity contribution in [3.05, 3.63) is 69.9 Å². The van der Waals surface area contributed by atoms with Crippen molar-refractivity contribution in [2.75, 3.05) is 26.2 Å². The van der Waals surface area contributed by atoms with Crippen LogP contribution in [0, 0.1) is 5.82 Å². The summed E-state index contributed by atoms with van der Waals surface area (Å²) in [5, 5.41) is 14.8. The molecule has 8 heteroatoms. The van der Waals surface area contributed by atoms with Gasteiger partial charge in [-0.3, -0.25) is 9.80 Å². The van der Waals surface area contributed by atoms with Crippen molar-refractivity contribution in [1.82, 2.24) is 9.80 Å². The highest BCUT2D eigenvalue weighted by Crippen LogP contribution is 2.16. The fraction of sp³-hybridized carbons (Fsp3) is 0.300. The van der Waals surface area contributed by atoms with Crippen LogP contribution < -0.4 is 0 Å². The van der Waals surface area contributed by atoms with E-state index in [1.165, 1.54) is 5.56 Å². The van der Waals surface area contributed by atoms with Gasteiger partial charge in [0.05, 0.1) is 0 Å². The zero-order chi connectivity index (χ0) is 20.5. The second-order valence-corrected chi connectivity index (χ2v) is 7.30. The number of carboxylic acid groups (broad SMARTS) is 2. The normalized spacial score (nSPS) is 14.8. The van der Waals surface area contributed by atoms with Crippen molar-refractivity contribution in [3.63, 3.8) is 0 Å². The smallest absolute Gasteiger partial charge is 0.414 e. The Balaban J connectivity index is 0.000000409. The van der Waals surface area contributed by atoms with Crippen molar-refractivity contribution in [2.45, 2.75) is 13.1 Å². The molecule has 1 fully saturated rings. The lowest BCUT2D eigenvalue weighted by molar-refractivity contribution is -0.159. The van der Waals surface area contributed by atoms with Gasteiger partial charge in [-0.25, -0.2) is 14.0 Å². The average Bonchev–Trinajstić information content (AvgIpc) is 2.66. The summed E-state index contributed by atoms with van der Waals surface area (Å²) in [4.78, 5) is 23.0. The Morgan fingerprint density at radius 1 is 0.893 bits per heavy atom. The number of nitrogens with zero attached hydrogens (tertiary/aromatic N) is 2. The summed E-state index contributed by atoms with van der Waals surface area (Å²) in [5.41, 5.74) is 2.12. The molecule has 2 aromatic rings. The van der Waals surface area contributed by atoms with Gasteiger partial charge in [-0.1, -0.05) is 46.3 Å². The summed E-state index contributed by atoms with van der Waals surface area (Å²) in [6.45, 7) is 5.72. The molecule has 6 nitrogen and oxygen atoms in total. The highest BCUT2D eigenvalue weighted by Gasteiger charge is 2.18. The molecule has 0 atom stereocenters. The number of hydrogen-bond acceptors (Lipinski definition) is 4. The molecule has 0 saturated carbocycles. The molecule has 0 amide bonds. The largest absolute Gasteiger partial charge is 0.473 e. The number of piperazine rings is 1. The molecule has 1 saturated heterocycles. The third-order valence-corrected chi connectivity index (χ3v) is 4.79. The highest BCUT2D eigenvalue weighted by atomic mass is 79.9. The van der Waals surface area contributed by atoms with Crippen molar-refractivity contribution >= 4 is 27.9 Å². The first-order chi connectivity index (χ1) is 13.3. The van der Waals surface area contributed by atoms with E-state index in [0.717, 1.165) is 42.8 Å². The van der Waals surface area contributed by atoms with E-state index in [-0.39, 0.29) is 5.82 Å². The molecule has 3 rings (SSSR count). The van der Waals surface area contributed by atoms with Crippen LogP contribution in [0.15, 0.2) is 53.0 Å². The van der Waals surface area contributed by atoms with Crippen LogP contribution in [0.5, 0.6) is 0 Å². The highest BCUT2D eigenvalue weighted by molar-refractivity contribution is 9.10. The molecule has 0 spiro atoms. The quantitative estimate of drug-likeness (QED) is 0.693. The maximum absolute atomic E-state index is 13.7. The maximum Gasteiger partial charge on any atom is 0.414 e.